The van der Waals surface area contributed by atoms with Gasteiger partial charge in [-0.3, -0.25) is 4.79 Å². The Morgan fingerprint density at radius 2 is 0.733 bits per heavy atom. The van der Waals surface area contributed by atoms with Crippen LogP contribution in [0.3, 0.4) is 0 Å². The van der Waals surface area contributed by atoms with E-state index in [0.717, 1.165) is 12.8 Å². The Bertz CT molecular complexity index is 327. The molecular weight excluding hydrogens is 368 g/mol. The molecular formula is C28H56O2. The molecule has 0 rings (SSSR count). The molecule has 0 aromatic carbocycles. The SMILES string of the molecule is CCCCCCCCCCCCCCCOC(=O)CCCCCCCCCCCC. The summed E-state index contributed by atoms with van der Waals surface area (Å²) < 4.78 is 5.39. The van der Waals surface area contributed by atoms with Crippen LogP contribution in [0.1, 0.15) is 168 Å². The maximum atomic E-state index is 11.8. The minimum Gasteiger partial charge on any atom is -0.466 e. The van der Waals surface area contributed by atoms with E-state index in [0.29, 0.717) is 13.0 Å². The second kappa shape index (κ2) is 26.5. The third-order valence-corrected chi connectivity index (χ3v) is 6.25. The molecule has 0 aliphatic rings. The van der Waals surface area contributed by atoms with Gasteiger partial charge in [0.1, 0.15) is 0 Å². The summed E-state index contributed by atoms with van der Waals surface area (Å²) in [5, 5.41) is 0. The van der Waals surface area contributed by atoms with Crippen LogP contribution in [0.2, 0.25) is 0 Å². The van der Waals surface area contributed by atoms with Gasteiger partial charge in [-0.2, -0.15) is 0 Å². The highest BCUT2D eigenvalue weighted by Crippen LogP contribution is 2.13. The van der Waals surface area contributed by atoms with Gasteiger partial charge in [-0.25, -0.2) is 0 Å². The maximum Gasteiger partial charge on any atom is 0.305 e. The molecule has 0 bridgehead atoms. The molecule has 0 N–H and O–H groups in total. The molecule has 30 heavy (non-hydrogen) atoms. The van der Waals surface area contributed by atoms with Crippen molar-refractivity contribution < 1.29 is 9.53 Å². The second-order valence-corrected chi connectivity index (χ2v) is 9.40. The highest BCUT2D eigenvalue weighted by molar-refractivity contribution is 5.69. The van der Waals surface area contributed by atoms with Crippen molar-refractivity contribution in [3.05, 3.63) is 0 Å². The number of carbonyl (C=O) groups is 1. The molecule has 0 spiro atoms. The first-order valence-corrected chi connectivity index (χ1v) is 14.0. The van der Waals surface area contributed by atoms with Crippen LogP contribution in [0.4, 0.5) is 0 Å². The van der Waals surface area contributed by atoms with Crippen molar-refractivity contribution >= 4 is 5.97 Å². The van der Waals surface area contributed by atoms with Crippen LogP contribution in [-0.2, 0) is 9.53 Å². The van der Waals surface area contributed by atoms with E-state index in [4.69, 9.17) is 4.74 Å². The van der Waals surface area contributed by atoms with Crippen LogP contribution < -0.4 is 0 Å². The van der Waals surface area contributed by atoms with E-state index in [1.165, 1.54) is 135 Å². The molecule has 0 radical (unpaired) electrons. The quantitative estimate of drug-likeness (QED) is 0.108. The minimum absolute atomic E-state index is 0.0218. The lowest BCUT2D eigenvalue weighted by Gasteiger charge is -2.06. The summed E-state index contributed by atoms with van der Waals surface area (Å²) in [6.45, 7) is 5.18. The standard InChI is InChI=1S/C28H56O2/c1-3-5-7-9-11-13-15-16-17-19-21-23-25-27-30-28(29)26-24-22-20-18-14-12-10-8-6-4-2/h3-27H2,1-2H3. The molecule has 0 aromatic heterocycles. The number of ether oxygens (including phenoxy) is 1. The molecule has 180 valence electrons. The van der Waals surface area contributed by atoms with Crippen LogP contribution >= 0.6 is 0 Å². The normalized spacial score (nSPS) is 11.1. The average molecular weight is 425 g/mol. The van der Waals surface area contributed by atoms with Gasteiger partial charge < -0.3 is 4.74 Å². The molecule has 0 saturated heterocycles. The Balaban J connectivity index is 3.13. The average Bonchev–Trinajstić information content (AvgIpc) is 2.75. The molecule has 0 saturated carbocycles. The Morgan fingerprint density at radius 3 is 1.10 bits per heavy atom. The second-order valence-electron chi connectivity index (χ2n) is 9.40. The molecule has 2 heteroatoms. The van der Waals surface area contributed by atoms with Crippen molar-refractivity contribution in [3.63, 3.8) is 0 Å². The van der Waals surface area contributed by atoms with Crippen molar-refractivity contribution in [2.45, 2.75) is 168 Å². The van der Waals surface area contributed by atoms with Crippen LogP contribution in [0.15, 0.2) is 0 Å². The molecule has 0 aliphatic carbocycles. The Kier molecular flexibility index (Phi) is 26.0. The van der Waals surface area contributed by atoms with Gasteiger partial charge >= 0.3 is 5.97 Å². The summed E-state index contributed by atoms with van der Waals surface area (Å²) in [4.78, 5) is 11.8. The summed E-state index contributed by atoms with van der Waals surface area (Å²) in [6, 6.07) is 0. The fourth-order valence-electron chi connectivity index (χ4n) is 4.13. The van der Waals surface area contributed by atoms with Crippen molar-refractivity contribution in [1.29, 1.82) is 0 Å². The highest BCUT2D eigenvalue weighted by atomic mass is 16.5. The minimum atomic E-state index is 0.0218. The lowest BCUT2D eigenvalue weighted by molar-refractivity contribution is -0.143. The molecule has 0 amide bonds. The monoisotopic (exact) mass is 424 g/mol. The molecule has 0 unspecified atom stereocenters. The van der Waals surface area contributed by atoms with E-state index in [1.54, 1.807) is 0 Å². The zero-order valence-electron chi connectivity index (χ0n) is 21.0. The highest BCUT2D eigenvalue weighted by Gasteiger charge is 2.02. The van der Waals surface area contributed by atoms with Crippen LogP contribution in [0, 0.1) is 0 Å². The zero-order chi connectivity index (χ0) is 22.0. The summed E-state index contributed by atoms with van der Waals surface area (Å²) in [5.41, 5.74) is 0. The van der Waals surface area contributed by atoms with Gasteiger partial charge in [-0.1, -0.05) is 149 Å². The Hall–Kier alpha value is -0.530. The van der Waals surface area contributed by atoms with Gasteiger partial charge in [0.2, 0.25) is 0 Å². The van der Waals surface area contributed by atoms with E-state index in [1.807, 2.05) is 0 Å². The van der Waals surface area contributed by atoms with E-state index < -0.39 is 0 Å². The predicted molar refractivity (Wildman–Crippen MR) is 133 cm³/mol. The lowest BCUT2D eigenvalue weighted by Crippen LogP contribution is -2.05. The van der Waals surface area contributed by atoms with Crippen molar-refractivity contribution in [3.8, 4) is 0 Å². The van der Waals surface area contributed by atoms with E-state index in [-0.39, 0.29) is 5.97 Å². The number of rotatable bonds is 25. The predicted octanol–water partition coefficient (Wildman–Crippen LogP) is 9.93. The van der Waals surface area contributed by atoms with Crippen molar-refractivity contribution in [2.24, 2.45) is 0 Å². The largest absolute Gasteiger partial charge is 0.466 e. The van der Waals surface area contributed by atoms with Gasteiger partial charge in [-0.15, -0.1) is 0 Å². The van der Waals surface area contributed by atoms with Gasteiger partial charge in [-0.05, 0) is 12.8 Å². The smallest absolute Gasteiger partial charge is 0.305 e. The summed E-state index contributed by atoms with van der Waals surface area (Å²) in [5.74, 6) is 0.0218. The van der Waals surface area contributed by atoms with E-state index in [9.17, 15) is 4.79 Å². The van der Waals surface area contributed by atoms with Gasteiger partial charge in [0.05, 0.1) is 6.61 Å². The Morgan fingerprint density at radius 1 is 0.433 bits per heavy atom. The van der Waals surface area contributed by atoms with Crippen molar-refractivity contribution in [1.82, 2.24) is 0 Å². The Labute approximate surface area is 190 Å². The molecule has 0 atom stereocenters. The van der Waals surface area contributed by atoms with Crippen LogP contribution in [0.25, 0.3) is 0 Å². The molecule has 0 fully saturated rings. The first-order valence-electron chi connectivity index (χ1n) is 14.0. The number of carbonyl (C=O) groups excluding carboxylic acids is 1. The van der Waals surface area contributed by atoms with Gasteiger partial charge in [0.15, 0.2) is 0 Å². The summed E-state index contributed by atoms with van der Waals surface area (Å²) in [7, 11) is 0. The van der Waals surface area contributed by atoms with Crippen molar-refractivity contribution in [2.75, 3.05) is 6.61 Å². The summed E-state index contributed by atoms with van der Waals surface area (Å²) in [6.07, 6.45) is 31.3. The fraction of sp³-hybridized carbons (Fsp3) is 0.964. The number of hydrogen-bond acceptors (Lipinski definition) is 2. The molecule has 2 nitrogen and oxygen atoms in total. The lowest BCUT2D eigenvalue weighted by atomic mass is 10.0. The molecule has 0 heterocycles. The van der Waals surface area contributed by atoms with Gasteiger partial charge in [0.25, 0.3) is 0 Å². The van der Waals surface area contributed by atoms with Crippen LogP contribution in [0.5, 0.6) is 0 Å². The summed E-state index contributed by atoms with van der Waals surface area (Å²) >= 11 is 0. The zero-order valence-corrected chi connectivity index (χ0v) is 21.0. The topological polar surface area (TPSA) is 26.3 Å². The molecule has 0 aliphatic heterocycles. The first kappa shape index (κ1) is 29.5. The molecule has 0 aromatic rings. The van der Waals surface area contributed by atoms with E-state index >= 15 is 0 Å². The van der Waals surface area contributed by atoms with E-state index in [2.05, 4.69) is 13.8 Å². The first-order chi connectivity index (χ1) is 14.8. The van der Waals surface area contributed by atoms with Crippen LogP contribution in [-0.4, -0.2) is 12.6 Å². The number of esters is 1. The fourth-order valence-corrected chi connectivity index (χ4v) is 4.13. The maximum absolute atomic E-state index is 11.8. The third-order valence-electron chi connectivity index (χ3n) is 6.25. The third kappa shape index (κ3) is 25.5. The number of hydrogen-bond donors (Lipinski definition) is 0. The number of unbranched alkanes of at least 4 members (excludes halogenated alkanes) is 21. The van der Waals surface area contributed by atoms with Gasteiger partial charge in [0, 0.05) is 6.42 Å².